The lowest BCUT2D eigenvalue weighted by Gasteiger charge is -2.24. The molecular formula is C15H18F4N2O4. The molecule has 10 heteroatoms. The number of hydrogen-bond donors (Lipinski definition) is 3. The first-order valence-electron chi connectivity index (χ1n) is 7.32. The molecule has 1 saturated heterocycles. The molecule has 2 unspecified atom stereocenters. The molecule has 0 bridgehead atoms. The van der Waals surface area contributed by atoms with Gasteiger partial charge in [0.1, 0.15) is 18.0 Å². The lowest BCUT2D eigenvalue weighted by atomic mass is 10.0. The predicted octanol–water partition coefficient (Wildman–Crippen LogP) is 1.44. The summed E-state index contributed by atoms with van der Waals surface area (Å²) in [5.74, 6) is -3.39. The molecule has 6 nitrogen and oxygen atoms in total. The number of nitrogens with two attached hydrogens (primary N) is 1. The van der Waals surface area contributed by atoms with Crippen molar-refractivity contribution in [2.45, 2.75) is 31.2 Å². The molecule has 0 aliphatic carbocycles. The smallest absolute Gasteiger partial charge is 0.475 e. The summed E-state index contributed by atoms with van der Waals surface area (Å²) in [6.07, 6.45) is -4.23. The van der Waals surface area contributed by atoms with E-state index in [2.05, 4.69) is 0 Å². The Hall–Kier alpha value is -2.20. The third-order valence-electron chi connectivity index (χ3n) is 3.50. The number of likely N-dealkylation sites (tertiary alicyclic amines) is 1. The van der Waals surface area contributed by atoms with Gasteiger partial charge >= 0.3 is 12.1 Å². The van der Waals surface area contributed by atoms with Crippen LogP contribution in [0.25, 0.3) is 0 Å². The van der Waals surface area contributed by atoms with Crippen molar-refractivity contribution in [1.82, 2.24) is 4.90 Å². The van der Waals surface area contributed by atoms with Crippen LogP contribution in [-0.4, -0.2) is 52.3 Å². The molecule has 2 rings (SSSR count). The molecule has 1 aliphatic heterocycles. The minimum atomic E-state index is -5.08. The first kappa shape index (κ1) is 20.8. The van der Waals surface area contributed by atoms with Gasteiger partial charge in [0.15, 0.2) is 0 Å². The number of hydrogen-bond acceptors (Lipinski definition) is 4. The number of benzene rings is 1. The molecule has 1 aromatic rings. The van der Waals surface area contributed by atoms with E-state index >= 15 is 0 Å². The quantitative estimate of drug-likeness (QED) is 0.703. The first-order valence-corrected chi connectivity index (χ1v) is 7.32. The van der Waals surface area contributed by atoms with Crippen molar-refractivity contribution in [2.75, 3.05) is 13.1 Å². The van der Waals surface area contributed by atoms with Gasteiger partial charge in [-0.3, -0.25) is 4.79 Å². The van der Waals surface area contributed by atoms with Crippen LogP contribution in [0.2, 0.25) is 0 Å². The van der Waals surface area contributed by atoms with Gasteiger partial charge in [-0.1, -0.05) is 12.1 Å². The number of carboxylic acids is 1. The highest BCUT2D eigenvalue weighted by Crippen LogP contribution is 2.19. The van der Waals surface area contributed by atoms with E-state index in [0.29, 0.717) is 18.7 Å². The molecule has 0 spiro atoms. The molecule has 4 N–H and O–H groups in total. The Bertz CT molecular complexity index is 586. The number of nitrogens with zero attached hydrogens (tertiary/aromatic N) is 1. The van der Waals surface area contributed by atoms with E-state index in [9.17, 15) is 27.5 Å². The number of carbonyl (C=O) groups is 2. The van der Waals surface area contributed by atoms with Crippen molar-refractivity contribution in [1.29, 1.82) is 0 Å². The average molecular weight is 366 g/mol. The second-order valence-electron chi connectivity index (χ2n) is 5.36. The summed E-state index contributed by atoms with van der Waals surface area (Å²) in [5.41, 5.74) is 6.23. The number of aliphatic hydroxyl groups excluding tert-OH is 1. The highest BCUT2D eigenvalue weighted by atomic mass is 19.4. The average Bonchev–Trinajstić information content (AvgIpc) is 3.07. The fourth-order valence-corrected chi connectivity index (χ4v) is 2.15. The molecule has 25 heavy (non-hydrogen) atoms. The fourth-order valence-electron chi connectivity index (χ4n) is 2.15. The first-order chi connectivity index (χ1) is 11.5. The van der Waals surface area contributed by atoms with Crippen molar-refractivity contribution in [2.24, 2.45) is 5.73 Å². The fraction of sp³-hybridized carbons (Fsp3) is 0.467. The maximum atomic E-state index is 12.8. The van der Waals surface area contributed by atoms with Gasteiger partial charge in [-0.25, -0.2) is 9.18 Å². The van der Waals surface area contributed by atoms with Gasteiger partial charge in [-0.2, -0.15) is 13.2 Å². The standard InChI is InChI=1S/C13H17FN2O2.C2HF3O2/c14-10-5-3-9(4-6-10)12(17)11(15)13(18)16-7-1-2-8-16;3-2(4,5)1(6)7/h3-6,11-12,17H,1-2,7-8,15H2;(H,6,7). The second kappa shape index (κ2) is 8.77. The normalized spacial score (nSPS) is 16.6. The maximum absolute atomic E-state index is 12.8. The maximum Gasteiger partial charge on any atom is 0.490 e. The molecule has 0 saturated carbocycles. The summed E-state index contributed by atoms with van der Waals surface area (Å²) in [6, 6.07) is 4.37. The Morgan fingerprint density at radius 3 is 1.96 bits per heavy atom. The number of aliphatic carboxylic acids is 1. The Morgan fingerprint density at radius 1 is 1.12 bits per heavy atom. The molecular weight excluding hydrogens is 348 g/mol. The Balaban J connectivity index is 0.000000381. The van der Waals surface area contributed by atoms with Gasteiger partial charge in [0, 0.05) is 13.1 Å². The van der Waals surface area contributed by atoms with Crippen LogP contribution in [0.15, 0.2) is 24.3 Å². The number of carboxylic acid groups (broad SMARTS) is 1. The molecule has 1 aromatic carbocycles. The Morgan fingerprint density at radius 2 is 1.56 bits per heavy atom. The molecule has 140 valence electrons. The van der Waals surface area contributed by atoms with Crippen LogP contribution in [0, 0.1) is 5.82 Å². The summed E-state index contributed by atoms with van der Waals surface area (Å²) in [4.78, 5) is 22.6. The van der Waals surface area contributed by atoms with E-state index in [1.165, 1.54) is 24.3 Å². The summed E-state index contributed by atoms with van der Waals surface area (Å²) < 4.78 is 44.5. The van der Waals surface area contributed by atoms with Gasteiger partial charge in [0.25, 0.3) is 0 Å². The van der Waals surface area contributed by atoms with Gasteiger partial charge < -0.3 is 20.8 Å². The molecule has 1 amide bonds. The SMILES string of the molecule is NC(C(=O)N1CCCC1)C(O)c1ccc(F)cc1.O=C(O)C(F)(F)F. The number of aliphatic hydroxyl groups is 1. The third-order valence-corrected chi connectivity index (χ3v) is 3.50. The molecule has 1 heterocycles. The van der Waals surface area contributed by atoms with Crippen molar-refractivity contribution in [3.05, 3.63) is 35.6 Å². The molecule has 0 aromatic heterocycles. The van der Waals surface area contributed by atoms with Crippen LogP contribution in [-0.2, 0) is 9.59 Å². The third kappa shape index (κ3) is 6.31. The minimum Gasteiger partial charge on any atom is -0.475 e. The summed E-state index contributed by atoms with van der Waals surface area (Å²) in [7, 11) is 0. The summed E-state index contributed by atoms with van der Waals surface area (Å²) in [5, 5.41) is 17.1. The highest BCUT2D eigenvalue weighted by Gasteiger charge is 2.38. The van der Waals surface area contributed by atoms with Gasteiger partial charge in [-0.05, 0) is 30.5 Å². The van der Waals surface area contributed by atoms with E-state index in [0.717, 1.165) is 12.8 Å². The zero-order valence-electron chi connectivity index (χ0n) is 13.0. The van der Waals surface area contributed by atoms with Crippen molar-refractivity contribution in [3.63, 3.8) is 0 Å². The predicted molar refractivity (Wildman–Crippen MR) is 78.8 cm³/mol. The van der Waals surface area contributed by atoms with E-state index in [1.807, 2.05) is 0 Å². The van der Waals surface area contributed by atoms with Gasteiger partial charge in [-0.15, -0.1) is 0 Å². The van der Waals surface area contributed by atoms with Crippen molar-refractivity contribution >= 4 is 11.9 Å². The van der Waals surface area contributed by atoms with Crippen molar-refractivity contribution < 1.29 is 37.4 Å². The minimum absolute atomic E-state index is 0.246. The molecule has 2 atom stereocenters. The van der Waals surface area contributed by atoms with Crippen LogP contribution in [0.3, 0.4) is 0 Å². The van der Waals surface area contributed by atoms with E-state index < -0.39 is 24.3 Å². The van der Waals surface area contributed by atoms with Crippen LogP contribution in [0.1, 0.15) is 24.5 Å². The van der Waals surface area contributed by atoms with Gasteiger partial charge in [0.05, 0.1) is 0 Å². The van der Waals surface area contributed by atoms with Crippen molar-refractivity contribution in [3.8, 4) is 0 Å². The van der Waals surface area contributed by atoms with Crippen LogP contribution < -0.4 is 5.73 Å². The van der Waals surface area contributed by atoms with Gasteiger partial charge in [0.2, 0.25) is 5.91 Å². The highest BCUT2D eigenvalue weighted by molar-refractivity contribution is 5.82. The van der Waals surface area contributed by atoms with Crippen LogP contribution >= 0.6 is 0 Å². The largest absolute Gasteiger partial charge is 0.490 e. The topological polar surface area (TPSA) is 104 Å². The number of rotatable bonds is 3. The number of halogens is 4. The number of alkyl halides is 3. The van der Waals surface area contributed by atoms with Crippen LogP contribution in [0.4, 0.5) is 17.6 Å². The lowest BCUT2D eigenvalue weighted by molar-refractivity contribution is -0.192. The lowest BCUT2D eigenvalue weighted by Crippen LogP contribution is -2.45. The molecule has 0 radical (unpaired) electrons. The van der Waals surface area contributed by atoms with Crippen LogP contribution in [0.5, 0.6) is 0 Å². The summed E-state index contributed by atoms with van der Waals surface area (Å²) in [6.45, 7) is 1.39. The monoisotopic (exact) mass is 366 g/mol. The Kier molecular flexibility index (Phi) is 7.31. The number of carbonyl (C=O) groups excluding carboxylic acids is 1. The second-order valence-corrected chi connectivity index (χ2v) is 5.36. The zero-order chi connectivity index (χ0) is 19.2. The molecule has 1 fully saturated rings. The van der Waals surface area contributed by atoms with E-state index in [1.54, 1.807) is 4.90 Å². The Labute approximate surface area is 140 Å². The number of amides is 1. The van der Waals surface area contributed by atoms with E-state index in [-0.39, 0.29) is 11.7 Å². The summed E-state index contributed by atoms with van der Waals surface area (Å²) >= 11 is 0. The van der Waals surface area contributed by atoms with E-state index in [4.69, 9.17) is 15.6 Å². The molecule has 1 aliphatic rings. The zero-order valence-corrected chi connectivity index (χ0v) is 13.0.